The Hall–Kier alpha value is -3.15. The third-order valence-electron chi connectivity index (χ3n) is 5.67. The van der Waals surface area contributed by atoms with Crippen molar-refractivity contribution < 1.29 is 9.59 Å². The van der Waals surface area contributed by atoms with Crippen molar-refractivity contribution in [3.63, 3.8) is 0 Å². The number of piperazine rings is 1. The average molecular weight is 390 g/mol. The van der Waals surface area contributed by atoms with Crippen LogP contribution in [0, 0.1) is 0 Å². The van der Waals surface area contributed by atoms with E-state index in [0.717, 1.165) is 10.9 Å². The van der Waals surface area contributed by atoms with Gasteiger partial charge in [0.05, 0.1) is 5.52 Å². The first-order chi connectivity index (χ1) is 14.0. The fourth-order valence-corrected chi connectivity index (χ4v) is 3.90. The van der Waals surface area contributed by atoms with Crippen LogP contribution in [-0.4, -0.2) is 57.5 Å². The number of hydrogen-bond donors (Lipinski definition) is 1. The maximum Gasteiger partial charge on any atom is 0.275 e. The molecule has 1 aliphatic heterocycles. The van der Waals surface area contributed by atoms with Gasteiger partial charge < -0.3 is 9.80 Å². The summed E-state index contributed by atoms with van der Waals surface area (Å²) < 4.78 is 0. The minimum absolute atomic E-state index is 0.0186. The maximum absolute atomic E-state index is 13.0. The summed E-state index contributed by atoms with van der Waals surface area (Å²) in [5.74, 6) is 0.360. The minimum Gasteiger partial charge on any atom is -0.333 e. The van der Waals surface area contributed by atoms with E-state index in [-0.39, 0.29) is 17.9 Å². The Balaban J connectivity index is 1.46. The summed E-state index contributed by atoms with van der Waals surface area (Å²) in [7, 11) is 0. The van der Waals surface area contributed by atoms with Crippen molar-refractivity contribution in [2.75, 3.05) is 19.6 Å². The number of fused-ring (bicyclic) bond motifs is 1. The number of benzene rings is 2. The molecule has 2 amide bonds. The summed E-state index contributed by atoms with van der Waals surface area (Å²) >= 11 is 0. The van der Waals surface area contributed by atoms with Crippen LogP contribution in [0.3, 0.4) is 0 Å². The van der Waals surface area contributed by atoms with E-state index in [1.807, 2.05) is 60.4 Å². The van der Waals surface area contributed by atoms with Gasteiger partial charge in [-0.25, -0.2) is 0 Å². The Morgan fingerprint density at radius 1 is 1.03 bits per heavy atom. The summed E-state index contributed by atoms with van der Waals surface area (Å²) in [6.07, 6.45) is 0. The summed E-state index contributed by atoms with van der Waals surface area (Å²) in [6.45, 7) is 7.77. The highest BCUT2D eigenvalue weighted by molar-refractivity contribution is 6.04. The molecule has 6 nitrogen and oxygen atoms in total. The Morgan fingerprint density at radius 2 is 1.76 bits per heavy atom. The standard InChI is InChI=1S/C23H26N4O2/c1-15(2)17-8-10-18(11-9-17)22(28)27-13-12-26(14-16(27)3)23(29)21-19-6-4-5-7-20(19)24-25-21/h4-11,15-16H,12-14H2,1-3H3,(H,24,25). The molecule has 0 aliphatic carbocycles. The van der Waals surface area contributed by atoms with Crippen LogP contribution in [0.15, 0.2) is 48.5 Å². The number of carbonyl (C=O) groups is 2. The van der Waals surface area contributed by atoms with Crippen LogP contribution in [0.1, 0.15) is 53.1 Å². The van der Waals surface area contributed by atoms with E-state index in [9.17, 15) is 9.59 Å². The van der Waals surface area contributed by atoms with E-state index in [0.29, 0.717) is 36.8 Å². The van der Waals surface area contributed by atoms with Crippen LogP contribution in [0.2, 0.25) is 0 Å². The molecule has 0 radical (unpaired) electrons. The molecule has 4 rings (SSSR count). The lowest BCUT2D eigenvalue weighted by Crippen LogP contribution is -2.55. The fraction of sp³-hybridized carbons (Fsp3) is 0.348. The van der Waals surface area contributed by atoms with Gasteiger partial charge in [-0.15, -0.1) is 0 Å². The van der Waals surface area contributed by atoms with E-state index < -0.39 is 0 Å². The lowest BCUT2D eigenvalue weighted by atomic mass is 10.0. The number of amides is 2. The monoisotopic (exact) mass is 390 g/mol. The van der Waals surface area contributed by atoms with Crippen molar-refractivity contribution in [1.29, 1.82) is 0 Å². The second kappa shape index (κ2) is 7.70. The predicted octanol–water partition coefficient (Wildman–Crippen LogP) is 3.67. The van der Waals surface area contributed by atoms with E-state index >= 15 is 0 Å². The van der Waals surface area contributed by atoms with Crippen molar-refractivity contribution in [2.45, 2.75) is 32.7 Å². The van der Waals surface area contributed by atoms with Gasteiger partial charge in [-0.2, -0.15) is 5.10 Å². The van der Waals surface area contributed by atoms with E-state index in [2.05, 4.69) is 24.0 Å². The number of aromatic amines is 1. The fourth-order valence-electron chi connectivity index (χ4n) is 3.90. The second-order valence-electron chi connectivity index (χ2n) is 7.99. The van der Waals surface area contributed by atoms with Crippen molar-refractivity contribution in [3.05, 3.63) is 65.4 Å². The Morgan fingerprint density at radius 3 is 2.45 bits per heavy atom. The molecule has 1 unspecified atom stereocenters. The Kier molecular flexibility index (Phi) is 5.09. The molecule has 1 aromatic heterocycles. The lowest BCUT2D eigenvalue weighted by molar-refractivity contribution is 0.0412. The summed E-state index contributed by atoms with van der Waals surface area (Å²) in [6, 6.07) is 15.4. The number of nitrogens with zero attached hydrogens (tertiary/aromatic N) is 3. The van der Waals surface area contributed by atoms with Gasteiger partial charge in [-0.1, -0.05) is 44.2 Å². The first-order valence-electron chi connectivity index (χ1n) is 10.1. The number of rotatable bonds is 3. The SMILES string of the molecule is CC(C)c1ccc(C(=O)N2CCN(C(=O)c3n[nH]c4ccccc34)CC2C)cc1. The van der Waals surface area contributed by atoms with Crippen molar-refractivity contribution in [2.24, 2.45) is 0 Å². The largest absolute Gasteiger partial charge is 0.333 e. The van der Waals surface area contributed by atoms with Crippen LogP contribution >= 0.6 is 0 Å². The van der Waals surface area contributed by atoms with Gasteiger partial charge >= 0.3 is 0 Å². The highest BCUT2D eigenvalue weighted by atomic mass is 16.2. The van der Waals surface area contributed by atoms with E-state index in [1.165, 1.54) is 5.56 Å². The molecule has 0 saturated carbocycles. The number of aromatic nitrogens is 2. The Bertz CT molecular complexity index is 1040. The maximum atomic E-state index is 13.0. The van der Waals surface area contributed by atoms with Gasteiger partial charge in [0, 0.05) is 36.6 Å². The first-order valence-corrected chi connectivity index (χ1v) is 10.1. The molecule has 6 heteroatoms. The highest BCUT2D eigenvalue weighted by Crippen LogP contribution is 2.21. The molecule has 1 atom stereocenters. The number of hydrogen-bond acceptors (Lipinski definition) is 3. The molecule has 1 fully saturated rings. The topological polar surface area (TPSA) is 69.3 Å². The van der Waals surface area contributed by atoms with Gasteiger partial charge in [0.1, 0.15) is 0 Å². The number of carbonyl (C=O) groups excluding carboxylic acids is 2. The van der Waals surface area contributed by atoms with Gasteiger partial charge in [-0.05, 0) is 36.6 Å². The van der Waals surface area contributed by atoms with E-state index in [1.54, 1.807) is 4.90 Å². The van der Waals surface area contributed by atoms with Gasteiger partial charge in [0.15, 0.2) is 5.69 Å². The van der Waals surface area contributed by atoms with Gasteiger partial charge in [0.25, 0.3) is 11.8 Å². The van der Waals surface area contributed by atoms with Crippen LogP contribution in [0.4, 0.5) is 0 Å². The third kappa shape index (κ3) is 3.62. The highest BCUT2D eigenvalue weighted by Gasteiger charge is 2.32. The number of H-pyrrole nitrogens is 1. The Labute approximate surface area is 170 Å². The molecule has 0 bridgehead atoms. The van der Waals surface area contributed by atoms with Crippen LogP contribution in [0.5, 0.6) is 0 Å². The van der Waals surface area contributed by atoms with Gasteiger partial charge in [0.2, 0.25) is 0 Å². The molecule has 1 saturated heterocycles. The number of para-hydroxylation sites is 1. The summed E-state index contributed by atoms with van der Waals surface area (Å²) in [5, 5.41) is 7.97. The summed E-state index contributed by atoms with van der Waals surface area (Å²) in [5.41, 5.74) is 3.20. The smallest absolute Gasteiger partial charge is 0.275 e. The van der Waals surface area contributed by atoms with Crippen LogP contribution in [0.25, 0.3) is 10.9 Å². The zero-order valence-electron chi connectivity index (χ0n) is 17.1. The minimum atomic E-state index is -0.0947. The molecule has 1 N–H and O–H groups in total. The van der Waals surface area contributed by atoms with Crippen LogP contribution in [-0.2, 0) is 0 Å². The molecule has 1 aliphatic rings. The first kappa shape index (κ1) is 19.2. The zero-order chi connectivity index (χ0) is 20.5. The molecule has 150 valence electrons. The lowest BCUT2D eigenvalue weighted by Gasteiger charge is -2.39. The van der Waals surface area contributed by atoms with Crippen molar-refractivity contribution >= 4 is 22.7 Å². The zero-order valence-corrected chi connectivity index (χ0v) is 17.1. The van der Waals surface area contributed by atoms with Crippen LogP contribution < -0.4 is 0 Å². The van der Waals surface area contributed by atoms with E-state index in [4.69, 9.17) is 0 Å². The van der Waals surface area contributed by atoms with Crippen molar-refractivity contribution in [1.82, 2.24) is 20.0 Å². The molecular weight excluding hydrogens is 364 g/mol. The molecule has 2 heterocycles. The average Bonchev–Trinajstić information content (AvgIpc) is 3.17. The molecule has 29 heavy (non-hydrogen) atoms. The normalized spacial score (nSPS) is 17.2. The van der Waals surface area contributed by atoms with Crippen molar-refractivity contribution in [3.8, 4) is 0 Å². The molecule has 3 aromatic rings. The molecule has 2 aromatic carbocycles. The third-order valence-corrected chi connectivity index (χ3v) is 5.67. The number of nitrogens with one attached hydrogen (secondary N) is 1. The molecule has 0 spiro atoms. The summed E-state index contributed by atoms with van der Waals surface area (Å²) in [4.78, 5) is 29.6. The second-order valence-corrected chi connectivity index (χ2v) is 7.99. The molecular formula is C23H26N4O2. The quantitative estimate of drug-likeness (QED) is 0.742. The predicted molar refractivity (Wildman–Crippen MR) is 113 cm³/mol. The van der Waals surface area contributed by atoms with Gasteiger partial charge in [-0.3, -0.25) is 14.7 Å².